The van der Waals surface area contributed by atoms with E-state index >= 15 is 0 Å². The number of nitrogens with one attached hydrogen (secondary N) is 3. The van der Waals surface area contributed by atoms with Gasteiger partial charge in [0.1, 0.15) is 6.04 Å². The minimum atomic E-state index is -4.07. The fraction of sp³-hybridized carbons (Fsp3) is 0.289. The molecule has 1 aliphatic heterocycles. The highest BCUT2D eigenvalue weighted by Gasteiger charge is 2.40. The number of hydrogen-bond acceptors (Lipinski definition) is 6. The Hall–Kier alpha value is -5.13. The van der Waals surface area contributed by atoms with Crippen LogP contribution in [0.25, 0.3) is 32.3 Å². The minimum absolute atomic E-state index is 0.0268. The van der Waals surface area contributed by atoms with Crippen LogP contribution < -0.4 is 21.7 Å². The lowest BCUT2D eigenvalue weighted by molar-refractivity contribution is -0.130. The van der Waals surface area contributed by atoms with Crippen molar-refractivity contribution >= 4 is 59.8 Å². The Morgan fingerprint density at radius 3 is 2.33 bits per heavy atom. The van der Waals surface area contributed by atoms with Crippen LogP contribution >= 0.6 is 0 Å². The van der Waals surface area contributed by atoms with Crippen molar-refractivity contribution in [1.29, 1.82) is 0 Å². The number of nitrogens with zero attached hydrogens (tertiary/aromatic N) is 1. The molecule has 2 aliphatic carbocycles. The molecule has 2 atom stereocenters. The van der Waals surface area contributed by atoms with Gasteiger partial charge >= 0.3 is 0 Å². The Balaban J connectivity index is 1.08. The predicted octanol–water partition coefficient (Wildman–Crippen LogP) is 6.84. The zero-order chi connectivity index (χ0) is 37.7. The highest BCUT2D eigenvalue weighted by Crippen LogP contribution is 2.45. The monoisotopic (exact) mass is 751 g/mol. The number of aryl methyl sites for hydroxylation is 1. The first kappa shape index (κ1) is 35.6. The summed E-state index contributed by atoms with van der Waals surface area (Å²) >= 11 is 0. The molecule has 2 amide bonds. The lowest BCUT2D eigenvalue weighted by Gasteiger charge is -2.34. The Morgan fingerprint density at radius 2 is 1.55 bits per heavy atom. The summed E-state index contributed by atoms with van der Waals surface area (Å²) in [5.41, 5.74) is 12.2. The Bertz CT molecular complexity index is 2590. The van der Waals surface area contributed by atoms with Crippen molar-refractivity contribution in [2.24, 2.45) is 5.73 Å². The summed E-state index contributed by atoms with van der Waals surface area (Å²) < 4.78 is 28.9. The van der Waals surface area contributed by atoms with Crippen molar-refractivity contribution in [3.8, 4) is 0 Å². The maximum Gasteiger partial charge on any atom is 0.243 e. The maximum atomic E-state index is 14.2. The topological polar surface area (TPSA) is 134 Å². The quantitative estimate of drug-likeness (QED) is 0.113. The molecule has 0 unspecified atom stereocenters. The third-order valence-electron chi connectivity index (χ3n) is 11.8. The van der Waals surface area contributed by atoms with Gasteiger partial charge in [-0.3, -0.25) is 9.59 Å². The molecule has 9 nitrogen and oxygen atoms in total. The molecule has 1 saturated heterocycles. The summed E-state index contributed by atoms with van der Waals surface area (Å²) in [6.07, 6.45) is 5.04. The number of hydrogen-bond donors (Lipinski definition) is 4. The third-order valence-corrected chi connectivity index (χ3v) is 13.7. The zero-order valence-corrected chi connectivity index (χ0v) is 31.5. The van der Waals surface area contributed by atoms with E-state index in [1.165, 1.54) is 63.2 Å². The number of fused-ring (bicyclic) bond motifs is 6. The second kappa shape index (κ2) is 14.5. The lowest BCUT2D eigenvalue weighted by Crippen LogP contribution is -2.57. The van der Waals surface area contributed by atoms with Gasteiger partial charge in [0.25, 0.3) is 0 Å². The number of benzene rings is 6. The van der Waals surface area contributed by atoms with E-state index in [9.17, 15) is 18.0 Å². The van der Waals surface area contributed by atoms with E-state index in [1.54, 1.807) is 12.1 Å². The predicted molar refractivity (Wildman–Crippen MR) is 218 cm³/mol. The van der Waals surface area contributed by atoms with Crippen molar-refractivity contribution in [3.63, 3.8) is 0 Å². The highest BCUT2D eigenvalue weighted by atomic mass is 32.2. The summed E-state index contributed by atoms with van der Waals surface area (Å²) in [6.45, 7) is 1.34. The van der Waals surface area contributed by atoms with Crippen molar-refractivity contribution in [3.05, 3.63) is 131 Å². The van der Waals surface area contributed by atoms with E-state index in [4.69, 9.17) is 5.73 Å². The first-order chi connectivity index (χ1) is 26.8. The Kier molecular flexibility index (Phi) is 9.38. The Labute approximate surface area is 321 Å². The fourth-order valence-electron chi connectivity index (χ4n) is 8.78. The van der Waals surface area contributed by atoms with Crippen LogP contribution in [0.5, 0.6) is 0 Å². The molecule has 0 aromatic heterocycles. The van der Waals surface area contributed by atoms with Crippen molar-refractivity contribution < 1.29 is 18.0 Å². The van der Waals surface area contributed by atoms with Crippen molar-refractivity contribution in [1.82, 2.24) is 14.9 Å². The third kappa shape index (κ3) is 6.67. The number of rotatable bonds is 10. The van der Waals surface area contributed by atoms with Gasteiger partial charge in [0.2, 0.25) is 21.8 Å². The molecule has 9 rings (SSSR count). The van der Waals surface area contributed by atoms with Crippen molar-refractivity contribution in [2.75, 3.05) is 18.4 Å². The van der Waals surface area contributed by atoms with Gasteiger partial charge in [0.15, 0.2) is 0 Å². The number of piperazine rings is 1. The maximum absolute atomic E-state index is 14.2. The number of anilines is 1. The van der Waals surface area contributed by atoms with E-state index in [1.807, 2.05) is 24.3 Å². The smallest absolute Gasteiger partial charge is 0.243 e. The number of amides is 2. The second-order valence-corrected chi connectivity index (χ2v) is 17.1. The molecule has 0 bridgehead atoms. The minimum Gasteiger partial charge on any atom is -0.353 e. The molecule has 2 fully saturated rings. The van der Waals surface area contributed by atoms with E-state index in [-0.39, 0.29) is 36.9 Å². The summed E-state index contributed by atoms with van der Waals surface area (Å²) in [6, 6.07) is 33.6. The average Bonchev–Trinajstić information content (AvgIpc) is 4.05. The van der Waals surface area contributed by atoms with E-state index in [0.29, 0.717) is 11.7 Å². The van der Waals surface area contributed by atoms with Gasteiger partial charge in [-0.05, 0) is 105 Å². The summed E-state index contributed by atoms with van der Waals surface area (Å²) in [5.74, 6) is -0.889. The zero-order valence-electron chi connectivity index (χ0n) is 30.7. The van der Waals surface area contributed by atoms with Crippen LogP contribution in [0.15, 0.2) is 108 Å². The summed E-state index contributed by atoms with van der Waals surface area (Å²) in [4.78, 5) is 27.5. The van der Waals surface area contributed by atoms with Gasteiger partial charge in [-0.1, -0.05) is 84.9 Å². The van der Waals surface area contributed by atoms with Crippen LogP contribution in [0.3, 0.4) is 0 Å². The van der Waals surface area contributed by atoms with Gasteiger partial charge in [-0.15, -0.1) is 0 Å². The van der Waals surface area contributed by atoms with Crippen molar-refractivity contribution in [2.45, 2.75) is 74.5 Å². The standard InChI is InChI=1S/C45H45N5O4S/c46-26-28-12-17-32(18-13-28)55(53,54)50-23-22-47-45(52)42(50)25-43(51)49-44-34-8-2-1-6-29(34)14-19-40(44)36-10-5-11-37-38(36)20-21-39-35-9-4-3-7-33(35)30(24-41(37)39)27-48-31-15-16-31/h1-4,6-9,12-14,17-21,24,31,36,42,48H,5,10-11,15-16,22-23,25-27,46H2,(H,47,52)(H,49,51)/t36-,42-/m1/s1. The SMILES string of the molecule is NCc1ccc(S(=O)(=O)N2CCNC(=O)[C@H]2CC(=O)Nc2c([C@@H]3CCCc4c3ccc3c4cc(CNC4CC4)c4ccccc43)ccc3ccccc23)cc1. The summed E-state index contributed by atoms with van der Waals surface area (Å²) in [7, 11) is -4.07. The first-order valence-corrected chi connectivity index (χ1v) is 20.8. The van der Waals surface area contributed by atoms with Gasteiger partial charge in [-0.25, -0.2) is 8.42 Å². The summed E-state index contributed by atoms with van der Waals surface area (Å²) in [5, 5.41) is 16.7. The van der Waals surface area contributed by atoms with Crippen LogP contribution in [0, 0.1) is 0 Å². The molecule has 5 N–H and O–H groups in total. The lowest BCUT2D eigenvalue weighted by atomic mass is 9.75. The molecule has 1 saturated carbocycles. The van der Waals surface area contributed by atoms with Gasteiger partial charge in [-0.2, -0.15) is 4.31 Å². The molecule has 0 spiro atoms. The molecule has 6 aromatic rings. The normalized spacial score (nSPS) is 19.0. The van der Waals surface area contributed by atoms with Gasteiger partial charge < -0.3 is 21.7 Å². The van der Waals surface area contributed by atoms with E-state index < -0.39 is 27.9 Å². The molecule has 6 aromatic carbocycles. The number of nitrogens with two attached hydrogens (primary N) is 1. The molecule has 10 heteroatoms. The number of carbonyl (C=O) groups is 2. The molecule has 1 heterocycles. The molecule has 280 valence electrons. The van der Waals surface area contributed by atoms with Crippen LogP contribution in [-0.4, -0.2) is 49.7 Å². The molecule has 3 aliphatic rings. The highest BCUT2D eigenvalue weighted by molar-refractivity contribution is 7.89. The number of carbonyl (C=O) groups excluding carboxylic acids is 2. The van der Waals surface area contributed by atoms with Crippen LogP contribution in [0.1, 0.15) is 65.8 Å². The molecular formula is C45H45N5O4S. The molecule has 0 radical (unpaired) electrons. The Morgan fingerprint density at radius 1 is 0.818 bits per heavy atom. The second-order valence-electron chi connectivity index (χ2n) is 15.2. The van der Waals surface area contributed by atoms with Crippen LogP contribution in [0.2, 0.25) is 0 Å². The fourth-order valence-corrected chi connectivity index (χ4v) is 10.4. The average molecular weight is 752 g/mol. The largest absolute Gasteiger partial charge is 0.353 e. The number of sulfonamides is 1. The van der Waals surface area contributed by atoms with E-state index in [0.717, 1.165) is 52.0 Å². The van der Waals surface area contributed by atoms with Gasteiger partial charge in [0.05, 0.1) is 17.0 Å². The van der Waals surface area contributed by atoms with Crippen LogP contribution in [0.4, 0.5) is 5.69 Å². The molecule has 55 heavy (non-hydrogen) atoms. The first-order valence-electron chi connectivity index (χ1n) is 19.4. The van der Waals surface area contributed by atoms with Gasteiger partial charge in [0, 0.05) is 43.5 Å². The van der Waals surface area contributed by atoms with Crippen LogP contribution in [-0.2, 0) is 39.1 Å². The van der Waals surface area contributed by atoms with E-state index in [2.05, 4.69) is 70.5 Å². The molecular weight excluding hydrogens is 707 g/mol.